The van der Waals surface area contributed by atoms with Crippen LogP contribution >= 0.6 is 0 Å². The molecule has 3 rings (SSSR count). The molecule has 1 unspecified atom stereocenters. The number of oxime groups is 1. The maximum absolute atomic E-state index is 5.30. The highest BCUT2D eigenvalue weighted by Crippen LogP contribution is 2.16. The molecule has 1 aliphatic rings. The molecule has 3 heterocycles. The minimum atomic E-state index is 0.0948. The zero-order valence-electron chi connectivity index (χ0n) is 11.2. The lowest BCUT2D eigenvalue weighted by Gasteiger charge is -2.07. The summed E-state index contributed by atoms with van der Waals surface area (Å²) in [6, 6.07) is 3.57. The van der Waals surface area contributed by atoms with Gasteiger partial charge in [-0.15, -0.1) is 0 Å². The number of nitrogens with zero attached hydrogens (tertiary/aromatic N) is 3. The fraction of sp³-hybridized carbons (Fsp3) is 0.462. The Balaban J connectivity index is 1.45. The number of aromatic nitrogens is 2. The van der Waals surface area contributed by atoms with Gasteiger partial charge in [0.2, 0.25) is 11.7 Å². The van der Waals surface area contributed by atoms with Gasteiger partial charge >= 0.3 is 0 Å². The molecule has 0 saturated heterocycles. The smallest absolute Gasteiger partial charge is 0.241 e. The molecule has 7 nitrogen and oxygen atoms in total. The molecule has 1 N–H and O–H groups in total. The van der Waals surface area contributed by atoms with Gasteiger partial charge in [0.15, 0.2) is 5.76 Å². The molecule has 0 fully saturated rings. The number of furan rings is 1. The summed E-state index contributed by atoms with van der Waals surface area (Å²) < 4.78 is 10.3. The molecule has 0 amide bonds. The Labute approximate surface area is 116 Å². The van der Waals surface area contributed by atoms with Crippen molar-refractivity contribution in [2.24, 2.45) is 5.16 Å². The van der Waals surface area contributed by atoms with Crippen LogP contribution in [0.15, 0.2) is 32.5 Å². The third kappa shape index (κ3) is 2.88. The molecule has 106 valence electrons. The van der Waals surface area contributed by atoms with Crippen LogP contribution in [-0.4, -0.2) is 28.5 Å². The second kappa shape index (κ2) is 5.87. The van der Waals surface area contributed by atoms with Crippen LogP contribution in [0.1, 0.15) is 25.7 Å². The van der Waals surface area contributed by atoms with Crippen molar-refractivity contribution in [2.75, 3.05) is 6.54 Å². The number of hydrogen-bond acceptors (Lipinski definition) is 7. The van der Waals surface area contributed by atoms with E-state index in [4.69, 9.17) is 13.8 Å². The monoisotopic (exact) mass is 276 g/mol. The first-order valence-corrected chi connectivity index (χ1v) is 6.64. The Morgan fingerprint density at radius 2 is 2.40 bits per heavy atom. The van der Waals surface area contributed by atoms with Gasteiger partial charge in [0, 0.05) is 13.0 Å². The molecular weight excluding hydrogens is 260 g/mol. The molecule has 2 aromatic rings. The van der Waals surface area contributed by atoms with Crippen LogP contribution in [0.5, 0.6) is 0 Å². The van der Waals surface area contributed by atoms with Gasteiger partial charge in [0.1, 0.15) is 6.10 Å². The molecule has 1 atom stereocenters. The van der Waals surface area contributed by atoms with Crippen LogP contribution in [0.2, 0.25) is 0 Å². The first-order valence-electron chi connectivity index (χ1n) is 6.64. The quantitative estimate of drug-likeness (QED) is 0.868. The van der Waals surface area contributed by atoms with Gasteiger partial charge in [-0.1, -0.05) is 17.2 Å². The second-order valence-corrected chi connectivity index (χ2v) is 4.56. The van der Waals surface area contributed by atoms with E-state index >= 15 is 0 Å². The molecular formula is C13H16N4O3. The Hall–Kier alpha value is -2.15. The number of hydrogen-bond donors (Lipinski definition) is 1. The minimum absolute atomic E-state index is 0.0948. The normalized spacial score (nSPS) is 18.1. The summed E-state index contributed by atoms with van der Waals surface area (Å²) in [5, 5.41) is 11.1. The van der Waals surface area contributed by atoms with Crippen molar-refractivity contribution in [1.29, 1.82) is 0 Å². The van der Waals surface area contributed by atoms with Crippen LogP contribution in [0.4, 0.5) is 0 Å². The van der Waals surface area contributed by atoms with Gasteiger partial charge in [-0.3, -0.25) is 0 Å². The Bertz CT molecular complexity index is 576. The Morgan fingerprint density at radius 1 is 1.45 bits per heavy atom. The largest absolute Gasteiger partial charge is 0.461 e. The summed E-state index contributed by atoms with van der Waals surface area (Å²) in [6.07, 6.45) is 3.49. The molecule has 0 spiro atoms. The van der Waals surface area contributed by atoms with Gasteiger partial charge in [-0.2, -0.15) is 4.98 Å². The highest BCUT2D eigenvalue weighted by molar-refractivity contribution is 5.85. The van der Waals surface area contributed by atoms with Crippen LogP contribution in [0.3, 0.4) is 0 Å². The first-order chi connectivity index (χ1) is 9.85. The van der Waals surface area contributed by atoms with Crippen LogP contribution in [0.25, 0.3) is 11.6 Å². The van der Waals surface area contributed by atoms with E-state index in [1.807, 2.05) is 0 Å². The van der Waals surface area contributed by atoms with Crippen LogP contribution < -0.4 is 5.32 Å². The summed E-state index contributed by atoms with van der Waals surface area (Å²) >= 11 is 0. The van der Waals surface area contributed by atoms with Crippen molar-refractivity contribution in [1.82, 2.24) is 15.5 Å². The van der Waals surface area contributed by atoms with E-state index in [1.165, 1.54) is 0 Å². The second-order valence-electron chi connectivity index (χ2n) is 4.56. The molecule has 0 bridgehead atoms. The van der Waals surface area contributed by atoms with Crippen molar-refractivity contribution in [3.05, 3.63) is 24.3 Å². The summed E-state index contributed by atoms with van der Waals surface area (Å²) in [4.78, 5) is 9.55. The maximum atomic E-state index is 5.30. The van der Waals surface area contributed by atoms with Crippen LogP contribution in [0, 0.1) is 0 Å². The fourth-order valence-corrected chi connectivity index (χ4v) is 1.98. The summed E-state index contributed by atoms with van der Waals surface area (Å²) in [5.74, 6) is 1.58. The van der Waals surface area contributed by atoms with E-state index in [1.54, 1.807) is 18.4 Å². The third-order valence-corrected chi connectivity index (χ3v) is 3.06. The first kappa shape index (κ1) is 12.9. The highest BCUT2D eigenvalue weighted by atomic mass is 16.6. The number of nitrogens with one attached hydrogen (secondary N) is 1. The summed E-state index contributed by atoms with van der Waals surface area (Å²) in [5.41, 5.74) is 1.11. The molecule has 0 aliphatic carbocycles. The summed E-state index contributed by atoms with van der Waals surface area (Å²) in [7, 11) is 0. The van der Waals surface area contributed by atoms with E-state index in [9.17, 15) is 0 Å². The SMILES string of the molecule is CCC1=NOC(CNCc2nc(-c3ccco3)no2)C1. The molecule has 1 aliphatic heterocycles. The predicted octanol–water partition coefficient (Wildman–Crippen LogP) is 1.97. The lowest BCUT2D eigenvalue weighted by Crippen LogP contribution is -2.26. The standard InChI is InChI=1S/C13H16N4O3/c1-2-9-6-10(19-16-9)7-14-8-12-15-13(17-20-12)11-4-3-5-18-11/h3-5,10,14H,2,6-8H2,1H3. The molecule has 0 radical (unpaired) electrons. The van der Waals surface area contributed by atoms with E-state index in [2.05, 4.69) is 27.5 Å². The predicted molar refractivity (Wildman–Crippen MR) is 70.9 cm³/mol. The number of rotatable bonds is 6. The lowest BCUT2D eigenvalue weighted by molar-refractivity contribution is 0.0842. The third-order valence-electron chi connectivity index (χ3n) is 3.06. The average molecular weight is 276 g/mol. The zero-order chi connectivity index (χ0) is 13.8. The molecule has 7 heteroatoms. The van der Waals surface area contributed by atoms with Gasteiger partial charge in [0.25, 0.3) is 0 Å². The average Bonchev–Trinajstić information content (AvgIpc) is 3.20. The highest BCUT2D eigenvalue weighted by Gasteiger charge is 2.19. The van der Waals surface area contributed by atoms with E-state index in [-0.39, 0.29) is 6.10 Å². The van der Waals surface area contributed by atoms with Gasteiger partial charge in [0.05, 0.1) is 18.5 Å². The Kier molecular flexibility index (Phi) is 3.78. The van der Waals surface area contributed by atoms with Crippen molar-refractivity contribution >= 4 is 5.71 Å². The van der Waals surface area contributed by atoms with Gasteiger partial charge in [-0.05, 0) is 18.6 Å². The summed E-state index contributed by atoms with van der Waals surface area (Å²) in [6.45, 7) is 3.27. The lowest BCUT2D eigenvalue weighted by atomic mass is 10.1. The van der Waals surface area contributed by atoms with E-state index in [0.717, 1.165) is 18.6 Å². The van der Waals surface area contributed by atoms with E-state index < -0.39 is 0 Å². The fourth-order valence-electron chi connectivity index (χ4n) is 1.98. The topological polar surface area (TPSA) is 85.7 Å². The van der Waals surface area contributed by atoms with E-state index in [0.29, 0.717) is 30.6 Å². The molecule has 0 aromatic carbocycles. The van der Waals surface area contributed by atoms with Crippen LogP contribution in [-0.2, 0) is 11.4 Å². The van der Waals surface area contributed by atoms with Crippen molar-refractivity contribution in [2.45, 2.75) is 32.4 Å². The van der Waals surface area contributed by atoms with Crippen molar-refractivity contribution in [3.63, 3.8) is 0 Å². The van der Waals surface area contributed by atoms with Crippen molar-refractivity contribution in [3.8, 4) is 11.6 Å². The Morgan fingerprint density at radius 3 is 3.15 bits per heavy atom. The van der Waals surface area contributed by atoms with Crippen molar-refractivity contribution < 1.29 is 13.8 Å². The molecule has 0 saturated carbocycles. The zero-order valence-corrected chi connectivity index (χ0v) is 11.2. The minimum Gasteiger partial charge on any atom is -0.461 e. The molecule has 20 heavy (non-hydrogen) atoms. The molecule has 2 aromatic heterocycles. The van der Waals surface area contributed by atoms with Gasteiger partial charge < -0.3 is 19.1 Å². The van der Waals surface area contributed by atoms with Gasteiger partial charge in [-0.25, -0.2) is 0 Å². The maximum Gasteiger partial charge on any atom is 0.241 e.